The number of halogens is 1. The standard InChI is InChI=1S/C16H21ClN2/c1-11-4-3-5-14-16(11)19(15(18-14)8-9-17)12(2)10-13-6-7-13/h3-5,12-13H,6-10H2,1-2H3. The number of fused-ring (bicyclic) bond motifs is 1. The van der Waals surface area contributed by atoms with Gasteiger partial charge in [0.15, 0.2) is 0 Å². The number of nitrogens with zero attached hydrogens (tertiary/aromatic N) is 2. The minimum atomic E-state index is 0.525. The molecule has 102 valence electrons. The van der Waals surface area contributed by atoms with E-state index in [0.29, 0.717) is 11.9 Å². The molecule has 0 radical (unpaired) electrons. The molecule has 2 nitrogen and oxygen atoms in total. The first-order chi connectivity index (χ1) is 9.20. The van der Waals surface area contributed by atoms with Gasteiger partial charge in [0.2, 0.25) is 0 Å². The van der Waals surface area contributed by atoms with Crippen LogP contribution in [0.15, 0.2) is 18.2 Å². The van der Waals surface area contributed by atoms with Crippen LogP contribution in [0.1, 0.15) is 43.6 Å². The topological polar surface area (TPSA) is 17.8 Å². The fourth-order valence-electron chi connectivity index (χ4n) is 3.05. The zero-order chi connectivity index (χ0) is 13.4. The molecule has 3 rings (SSSR count). The zero-order valence-electron chi connectivity index (χ0n) is 11.7. The van der Waals surface area contributed by atoms with Gasteiger partial charge < -0.3 is 4.57 Å². The Morgan fingerprint density at radius 3 is 2.89 bits per heavy atom. The van der Waals surface area contributed by atoms with Crippen LogP contribution in [0.25, 0.3) is 11.0 Å². The summed E-state index contributed by atoms with van der Waals surface area (Å²) in [7, 11) is 0. The summed E-state index contributed by atoms with van der Waals surface area (Å²) in [6.45, 7) is 4.50. The van der Waals surface area contributed by atoms with Crippen molar-refractivity contribution in [2.24, 2.45) is 5.92 Å². The van der Waals surface area contributed by atoms with Crippen molar-refractivity contribution in [3.05, 3.63) is 29.6 Å². The quantitative estimate of drug-likeness (QED) is 0.736. The summed E-state index contributed by atoms with van der Waals surface area (Å²) in [5, 5.41) is 0. The third-order valence-electron chi connectivity index (χ3n) is 4.12. The predicted molar refractivity (Wildman–Crippen MR) is 80.9 cm³/mol. The molecule has 1 aromatic carbocycles. The normalized spacial score (nSPS) is 17.0. The number of rotatable bonds is 5. The molecule has 0 amide bonds. The van der Waals surface area contributed by atoms with Crippen LogP contribution in [-0.2, 0) is 6.42 Å². The molecule has 1 atom stereocenters. The van der Waals surface area contributed by atoms with Gasteiger partial charge in [-0.3, -0.25) is 0 Å². The van der Waals surface area contributed by atoms with Crippen LogP contribution in [0, 0.1) is 12.8 Å². The van der Waals surface area contributed by atoms with E-state index >= 15 is 0 Å². The van der Waals surface area contributed by atoms with Gasteiger partial charge >= 0.3 is 0 Å². The van der Waals surface area contributed by atoms with E-state index in [1.165, 1.54) is 30.3 Å². The first-order valence-corrected chi connectivity index (χ1v) is 7.76. The van der Waals surface area contributed by atoms with Gasteiger partial charge in [0.1, 0.15) is 5.82 Å². The fourth-order valence-corrected chi connectivity index (χ4v) is 3.22. The largest absolute Gasteiger partial charge is 0.325 e. The Labute approximate surface area is 119 Å². The number of para-hydroxylation sites is 1. The molecule has 1 fully saturated rings. The lowest BCUT2D eigenvalue weighted by molar-refractivity contribution is 0.473. The van der Waals surface area contributed by atoms with Gasteiger partial charge in [-0.05, 0) is 37.8 Å². The summed E-state index contributed by atoms with van der Waals surface area (Å²) in [6.07, 6.45) is 4.93. The Kier molecular flexibility index (Phi) is 3.53. The molecule has 1 aliphatic rings. The SMILES string of the molecule is Cc1cccc2nc(CCCl)n(C(C)CC3CC3)c12. The average Bonchev–Trinajstić information content (AvgIpc) is 3.09. The number of hydrogen-bond donors (Lipinski definition) is 0. The Hall–Kier alpha value is -1.02. The first kappa shape index (κ1) is 13.0. The first-order valence-electron chi connectivity index (χ1n) is 7.23. The van der Waals surface area contributed by atoms with E-state index in [0.717, 1.165) is 23.7 Å². The van der Waals surface area contributed by atoms with E-state index in [4.69, 9.17) is 16.6 Å². The molecule has 1 unspecified atom stereocenters. The maximum absolute atomic E-state index is 5.94. The lowest BCUT2D eigenvalue weighted by Crippen LogP contribution is -2.11. The summed E-state index contributed by atoms with van der Waals surface area (Å²) in [6, 6.07) is 6.90. The molecular weight excluding hydrogens is 256 g/mol. The molecule has 1 aromatic heterocycles. The highest BCUT2D eigenvalue weighted by Gasteiger charge is 2.26. The van der Waals surface area contributed by atoms with E-state index in [2.05, 4.69) is 36.6 Å². The lowest BCUT2D eigenvalue weighted by atomic mass is 10.1. The highest BCUT2D eigenvalue weighted by Crippen LogP contribution is 2.38. The highest BCUT2D eigenvalue weighted by molar-refractivity contribution is 6.17. The highest BCUT2D eigenvalue weighted by atomic mass is 35.5. The Bertz CT molecular complexity index is 584. The smallest absolute Gasteiger partial charge is 0.111 e. The van der Waals surface area contributed by atoms with Crippen LogP contribution in [0.2, 0.25) is 0 Å². The van der Waals surface area contributed by atoms with Crippen molar-refractivity contribution in [1.82, 2.24) is 9.55 Å². The predicted octanol–water partition coefficient (Wildman–Crippen LogP) is 4.49. The number of hydrogen-bond acceptors (Lipinski definition) is 1. The molecule has 1 heterocycles. The van der Waals surface area contributed by atoms with E-state index in [9.17, 15) is 0 Å². The van der Waals surface area contributed by atoms with Gasteiger partial charge in [0.05, 0.1) is 11.0 Å². The summed E-state index contributed by atoms with van der Waals surface area (Å²) in [5.74, 6) is 2.71. The molecular formula is C16H21ClN2. The van der Waals surface area contributed by atoms with Crippen molar-refractivity contribution in [3.8, 4) is 0 Å². The van der Waals surface area contributed by atoms with Gasteiger partial charge in [-0.25, -0.2) is 4.98 Å². The average molecular weight is 277 g/mol. The second kappa shape index (κ2) is 5.16. The van der Waals surface area contributed by atoms with Gasteiger partial charge in [-0.15, -0.1) is 11.6 Å². The van der Waals surface area contributed by atoms with Crippen molar-refractivity contribution < 1.29 is 0 Å². The minimum Gasteiger partial charge on any atom is -0.325 e. The molecule has 0 saturated heterocycles. The fraction of sp³-hybridized carbons (Fsp3) is 0.562. The van der Waals surface area contributed by atoms with Crippen LogP contribution in [-0.4, -0.2) is 15.4 Å². The molecule has 0 N–H and O–H groups in total. The second-order valence-corrected chi connectivity index (χ2v) is 6.19. The van der Waals surface area contributed by atoms with Crippen LogP contribution in [0.4, 0.5) is 0 Å². The van der Waals surface area contributed by atoms with Gasteiger partial charge in [0, 0.05) is 18.3 Å². The molecule has 0 spiro atoms. The third kappa shape index (κ3) is 2.51. The maximum atomic E-state index is 5.94. The molecule has 2 aromatic rings. The molecule has 19 heavy (non-hydrogen) atoms. The number of alkyl halides is 1. The lowest BCUT2D eigenvalue weighted by Gasteiger charge is -2.18. The minimum absolute atomic E-state index is 0.525. The Balaban J connectivity index is 2.08. The van der Waals surface area contributed by atoms with E-state index in [1.807, 2.05) is 0 Å². The van der Waals surface area contributed by atoms with E-state index in [1.54, 1.807) is 0 Å². The van der Waals surface area contributed by atoms with Gasteiger partial charge in [-0.2, -0.15) is 0 Å². The Morgan fingerprint density at radius 1 is 1.42 bits per heavy atom. The van der Waals surface area contributed by atoms with Crippen LogP contribution >= 0.6 is 11.6 Å². The third-order valence-corrected chi connectivity index (χ3v) is 4.30. The molecule has 1 aliphatic carbocycles. The van der Waals surface area contributed by atoms with Gasteiger partial charge in [0.25, 0.3) is 0 Å². The number of aryl methyl sites for hydroxylation is 2. The number of benzene rings is 1. The van der Waals surface area contributed by atoms with Crippen molar-refractivity contribution in [2.75, 3.05) is 5.88 Å². The molecule has 1 saturated carbocycles. The van der Waals surface area contributed by atoms with Crippen molar-refractivity contribution >= 4 is 22.6 Å². The summed E-state index contributed by atoms with van der Waals surface area (Å²) >= 11 is 5.94. The van der Waals surface area contributed by atoms with Crippen molar-refractivity contribution in [2.45, 2.75) is 45.6 Å². The molecule has 0 bridgehead atoms. The van der Waals surface area contributed by atoms with Crippen LogP contribution < -0.4 is 0 Å². The van der Waals surface area contributed by atoms with Gasteiger partial charge in [-0.1, -0.05) is 25.0 Å². The summed E-state index contributed by atoms with van der Waals surface area (Å²) < 4.78 is 2.44. The van der Waals surface area contributed by atoms with Crippen LogP contribution in [0.3, 0.4) is 0 Å². The second-order valence-electron chi connectivity index (χ2n) is 5.81. The number of aromatic nitrogens is 2. The summed E-state index contributed by atoms with van der Waals surface area (Å²) in [4.78, 5) is 4.79. The van der Waals surface area contributed by atoms with Crippen molar-refractivity contribution in [3.63, 3.8) is 0 Å². The van der Waals surface area contributed by atoms with Crippen LogP contribution in [0.5, 0.6) is 0 Å². The van der Waals surface area contributed by atoms with E-state index in [-0.39, 0.29) is 0 Å². The maximum Gasteiger partial charge on any atom is 0.111 e. The van der Waals surface area contributed by atoms with E-state index < -0.39 is 0 Å². The Morgan fingerprint density at radius 2 is 2.21 bits per heavy atom. The molecule has 3 heteroatoms. The molecule has 0 aliphatic heterocycles. The zero-order valence-corrected chi connectivity index (χ0v) is 12.5. The number of imidazole rings is 1. The monoisotopic (exact) mass is 276 g/mol. The summed E-state index contributed by atoms with van der Waals surface area (Å²) in [5.41, 5.74) is 3.73. The van der Waals surface area contributed by atoms with Crippen molar-refractivity contribution in [1.29, 1.82) is 0 Å².